The Morgan fingerprint density at radius 1 is 1.47 bits per heavy atom. The van der Waals surface area contributed by atoms with Gasteiger partial charge in [0.15, 0.2) is 0 Å². The fourth-order valence-electron chi connectivity index (χ4n) is 1.63. The predicted molar refractivity (Wildman–Crippen MR) is 64.2 cm³/mol. The van der Waals surface area contributed by atoms with Gasteiger partial charge in [0.2, 0.25) is 0 Å². The van der Waals surface area contributed by atoms with Crippen molar-refractivity contribution in [2.24, 2.45) is 0 Å². The average molecular weight is 292 g/mol. The number of aliphatic hydroxyl groups is 1. The van der Waals surface area contributed by atoms with Gasteiger partial charge in [-0.2, -0.15) is 0 Å². The summed E-state index contributed by atoms with van der Waals surface area (Å²) in [4.78, 5) is 3.26. The second-order valence-corrected chi connectivity index (χ2v) is 6.07. The molecule has 1 aliphatic heterocycles. The van der Waals surface area contributed by atoms with E-state index in [9.17, 15) is 5.11 Å². The number of nitrogens with zero attached hydrogens (tertiary/aromatic N) is 1. The number of hydrogen-bond donors (Lipinski definition) is 1. The van der Waals surface area contributed by atoms with E-state index in [1.807, 2.05) is 12.1 Å². The van der Waals surface area contributed by atoms with Gasteiger partial charge in [-0.3, -0.25) is 4.90 Å². The molecular formula is C10H14BrNO2S. The smallest absolute Gasteiger partial charge is 0.101 e. The highest BCUT2D eigenvalue weighted by Gasteiger charge is 2.17. The summed E-state index contributed by atoms with van der Waals surface area (Å²) in [5.41, 5.74) is 0. The van der Waals surface area contributed by atoms with Crippen LogP contribution in [0.1, 0.15) is 11.0 Å². The summed E-state index contributed by atoms with van der Waals surface area (Å²) in [6.45, 7) is 4.10. The monoisotopic (exact) mass is 291 g/mol. The Morgan fingerprint density at radius 3 is 2.80 bits per heavy atom. The van der Waals surface area contributed by atoms with Crippen LogP contribution in [0.15, 0.2) is 15.9 Å². The topological polar surface area (TPSA) is 32.7 Å². The molecule has 0 aliphatic carbocycles. The summed E-state index contributed by atoms with van der Waals surface area (Å²) in [5, 5.41) is 9.99. The van der Waals surface area contributed by atoms with Crippen molar-refractivity contribution in [3.8, 4) is 0 Å². The fourth-order valence-corrected chi connectivity index (χ4v) is 3.03. The third kappa shape index (κ3) is 3.26. The van der Waals surface area contributed by atoms with E-state index in [0.717, 1.165) is 35.0 Å². The third-order valence-electron chi connectivity index (χ3n) is 2.46. The van der Waals surface area contributed by atoms with Crippen LogP contribution in [0.5, 0.6) is 0 Å². The van der Waals surface area contributed by atoms with E-state index in [1.165, 1.54) is 0 Å². The lowest BCUT2D eigenvalue weighted by Crippen LogP contribution is -2.38. The Kier molecular flexibility index (Phi) is 4.16. The minimum Gasteiger partial charge on any atom is -0.386 e. The van der Waals surface area contributed by atoms with Crippen LogP contribution in [0.4, 0.5) is 0 Å². The Balaban J connectivity index is 1.88. The van der Waals surface area contributed by atoms with Gasteiger partial charge in [-0.1, -0.05) is 0 Å². The summed E-state index contributed by atoms with van der Waals surface area (Å²) in [7, 11) is 0. The SMILES string of the molecule is OC(CN1CCOCC1)c1ccc(Br)s1. The number of aliphatic hydroxyl groups excluding tert-OH is 1. The quantitative estimate of drug-likeness (QED) is 0.923. The molecule has 1 atom stereocenters. The second-order valence-electron chi connectivity index (χ2n) is 3.57. The van der Waals surface area contributed by atoms with Crippen molar-refractivity contribution < 1.29 is 9.84 Å². The highest BCUT2D eigenvalue weighted by atomic mass is 79.9. The van der Waals surface area contributed by atoms with Crippen LogP contribution in [0.2, 0.25) is 0 Å². The molecule has 0 spiro atoms. The van der Waals surface area contributed by atoms with E-state index in [4.69, 9.17) is 4.74 Å². The Hall–Kier alpha value is 0.0600. The van der Waals surface area contributed by atoms with E-state index in [1.54, 1.807) is 11.3 Å². The summed E-state index contributed by atoms with van der Waals surface area (Å²) in [6.07, 6.45) is -0.376. The molecule has 1 saturated heterocycles. The molecular weight excluding hydrogens is 278 g/mol. The second kappa shape index (κ2) is 5.41. The molecule has 1 aromatic heterocycles. The molecule has 5 heteroatoms. The van der Waals surface area contributed by atoms with Crippen LogP contribution >= 0.6 is 27.3 Å². The Labute approximate surface area is 102 Å². The van der Waals surface area contributed by atoms with Gasteiger partial charge in [-0.25, -0.2) is 0 Å². The van der Waals surface area contributed by atoms with Crippen molar-refractivity contribution in [1.82, 2.24) is 4.90 Å². The lowest BCUT2D eigenvalue weighted by molar-refractivity contribution is 0.0150. The molecule has 0 aromatic carbocycles. The molecule has 0 radical (unpaired) electrons. The van der Waals surface area contributed by atoms with Crippen molar-refractivity contribution >= 4 is 27.3 Å². The normalized spacial score (nSPS) is 20.4. The molecule has 84 valence electrons. The van der Waals surface area contributed by atoms with Gasteiger partial charge in [-0.15, -0.1) is 11.3 Å². The lowest BCUT2D eigenvalue weighted by atomic mass is 10.2. The number of rotatable bonds is 3. The molecule has 15 heavy (non-hydrogen) atoms. The summed E-state index contributed by atoms with van der Waals surface area (Å²) < 4.78 is 6.33. The first-order valence-electron chi connectivity index (χ1n) is 4.99. The number of ether oxygens (including phenoxy) is 1. The van der Waals surface area contributed by atoms with Gasteiger partial charge < -0.3 is 9.84 Å². The maximum Gasteiger partial charge on any atom is 0.101 e. The van der Waals surface area contributed by atoms with Crippen molar-refractivity contribution in [3.63, 3.8) is 0 Å². The van der Waals surface area contributed by atoms with Crippen molar-refractivity contribution in [3.05, 3.63) is 20.8 Å². The lowest BCUT2D eigenvalue weighted by Gasteiger charge is -2.28. The highest BCUT2D eigenvalue weighted by Crippen LogP contribution is 2.27. The Morgan fingerprint density at radius 2 is 2.20 bits per heavy atom. The van der Waals surface area contributed by atoms with Crippen LogP contribution in [0, 0.1) is 0 Å². The molecule has 3 nitrogen and oxygen atoms in total. The van der Waals surface area contributed by atoms with Gasteiger partial charge in [0.25, 0.3) is 0 Å². The summed E-state index contributed by atoms with van der Waals surface area (Å²) >= 11 is 4.99. The molecule has 1 fully saturated rings. The minimum absolute atomic E-state index is 0.376. The molecule has 0 bridgehead atoms. The standard InChI is InChI=1S/C10H14BrNO2S/c11-10-2-1-9(15-10)8(13)7-12-3-5-14-6-4-12/h1-2,8,13H,3-7H2. The maximum absolute atomic E-state index is 9.99. The van der Waals surface area contributed by atoms with E-state index in [2.05, 4.69) is 20.8 Å². The van der Waals surface area contributed by atoms with E-state index in [0.29, 0.717) is 6.54 Å². The van der Waals surface area contributed by atoms with E-state index in [-0.39, 0.29) is 6.10 Å². The van der Waals surface area contributed by atoms with Crippen molar-refractivity contribution in [2.45, 2.75) is 6.10 Å². The number of β-amino-alcohol motifs (C(OH)–C–C–N with tert-alkyl or cyclic N) is 1. The molecule has 1 aromatic rings. The minimum atomic E-state index is -0.376. The fraction of sp³-hybridized carbons (Fsp3) is 0.600. The van der Waals surface area contributed by atoms with Crippen LogP contribution in [-0.4, -0.2) is 42.9 Å². The number of thiophene rings is 1. The van der Waals surface area contributed by atoms with Crippen molar-refractivity contribution in [2.75, 3.05) is 32.8 Å². The zero-order valence-electron chi connectivity index (χ0n) is 8.36. The van der Waals surface area contributed by atoms with Crippen LogP contribution < -0.4 is 0 Å². The van der Waals surface area contributed by atoms with E-state index < -0.39 is 0 Å². The van der Waals surface area contributed by atoms with Crippen LogP contribution in [-0.2, 0) is 4.74 Å². The first-order valence-corrected chi connectivity index (χ1v) is 6.60. The molecule has 1 unspecified atom stereocenters. The zero-order valence-corrected chi connectivity index (χ0v) is 10.8. The first-order chi connectivity index (χ1) is 7.25. The highest BCUT2D eigenvalue weighted by molar-refractivity contribution is 9.11. The van der Waals surface area contributed by atoms with Gasteiger partial charge in [-0.05, 0) is 28.1 Å². The number of morpholine rings is 1. The van der Waals surface area contributed by atoms with Gasteiger partial charge in [0, 0.05) is 24.5 Å². The van der Waals surface area contributed by atoms with Crippen LogP contribution in [0.3, 0.4) is 0 Å². The van der Waals surface area contributed by atoms with E-state index >= 15 is 0 Å². The average Bonchev–Trinajstić information content (AvgIpc) is 2.66. The third-order valence-corrected chi connectivity index (χ3v) is 4.18. The zero-order chi connectivity index (χ0) is 10.7. The van der Waals surface area contributed by atoms with Crippen molar-refractivity contribution in [1.29, 1.82) is 0 Å². The number of halogens is 1. The van der Waals surface area contributed by atoms with Gasteiger partial charge >= 0.3 is 0 Å². The molecule has 1 aliphatic rings. The summed E-state index contributed by atoms with van der Waals surface area (Å²) in [6, 6.07) is 3.95. The molecule has 2 rings (SSSR count). The van der Waals surface area contributed by atoms with Gasteiger partial charge in [0.1, 0.15) is 6.10 Å². The molecule has 1 N–H and O–H groups in total. The molecule has 2 heterocycles. The maximum atomic E-state index is 9.99. The van der Waals surface area contributed by atoms with Crippen LogP contribution in [0.25, 0.3) is 0 Å². The predicted octanol–water partition coefficient (Wildman–Crippen LogP) is 1.88. The Bertz CT molecular complexity index is 312. The number of hydrogen-bond acceptors (Lipinski definition) is 4. The first kappa shape index (κ1) is 11.5. The summed E-state index contributed by atoms with van der Waals surface area (Å²) in [5.74, 6) is 0. The molecule has 0 amide bonds. The largest absolute Gasteiger partial charge is 0.386 e. The molecule has 0 saturated carbocycles. The van der Waals surface area contributed by atoms with Gasteiger partial charge in [0.05, 0.1) is 17.0 Å².